The SMILES string of the molecule is Nc1ncc(O)c2ccc(-c3ccccc3)cc12. The van der Waals surface area contributed by atoms with Crippen molar-refractivity contribution in [3.05, 3.63) is 54.7 Å². The van der Waals surface area contributed by atoms with E-state index in [2.05, 4.69) is 4.98 Å². The molecule has 3 aromatic rings. The molecule has 0 saturated heterocycles. The average Bonchev–Trinajstić information content (AvgIpc) is 2.44. The van der Waals surface area contributed by atoms with Crippen molar-refractivity contribution in [1.29, 1.82) is 0 Å². The molecule has 3 N–H and O–H groups in total. The number of aromatic hydroxyl groups is 1. The number of pyridine rings is 1. The van der Waals surface area contributed by atoms with Crippen molar-refractivity contribution in [2.24, 2.45) is 0 Å². The largest absolute Gasteiger partial charge is 0.506 e. The van der Waals surface area contributed by atoms with Crippen LogP contribution in [0.5, 0.6) is 5.75 Å². The Kier molecular flexibility index (Phi) is 2.38. The van der Waals surface area contributed by atoms with Gasteiger partial charge in [0.1, 0.15) is 11.6 Å². The zero-order chi connectivity index (χ0) is 12.5. The van der Waals surface area contributed by atoms with Gasteiger partial charge in [0.2, 0.25) is 0 Å². The minimum Gasteiger partial charge on any atom is -0.506 e. The molecule has 0 unspecified atom stereocenters. The molecule has 0 bridgehead atoms. The molecule has 0 aliphatic heterocycles. The number of hydrogen-bond donors (Lipinski definition) is 2. The van der Waals surface area contributed by atoms with Crippen LogP contribution in [-0.4, -0.2) is 10.1 Å². The topological polar surface area (TPSA) is 59.1 Å². The molecule has 0 amide bonds. The van der Waals surface area contributed by atoms with Gasteiger partial charge in [-0.15, -0.1) is 0 Å². The van der Waals surface area contributed by atoms with Gasteiger partial charge in [-0.05, 0) is 23.3 Å². The third kappa shape index (κ3) is 1.66. The van der Waals surface area contributed by atoms with E-state index in [0.717, 1.165) is 21.9 Å². The molecule has 0 saturated carbocycles. The van der Waals surface area contributed by atoms with E-state index < -0.39 is 0 Å². The van der Waals surface area contributed by atoms with Crippen molar-refractivity contribution in [2.75, 3.05) is 5.73 Å². The number of aromatic nitrogens is 1. The molecule has 2 aromatic carbocycles. The highest BCUT2D eigenvalue weighted by atomic mass is 16.3. The smallest absolute Gasteiger partial charge is 0.141 e. The summed E-state index contributed by atoms with van der Waals surface area (Å²) in [5.74, 6) is 0.583. The fourth-order valence-corrected chi connectivity index (χ4v) is 2.06. The first-order valence-corrected chi connectivity index (χ1v) is 5.68. The van der Waals surface area contributed by atoms with Gasteiger partial charge in [0.25, 0.3) is 0 Å². The van der Waals surface area contributed by atoms with Crippen LogP contribution in [0.1, 0.15) is 0 Å². The Labute approximate surface area is 105 Å². The first-order valence-electron chi connectivity index (χ1n) is 5.68. The molecule has 0 aliphatic carbocycles. The van der Waals surface area contributed by atoms with E-state index in [0.29, 0.717) is 5.82 Å². The quantitative estimate of drug-likeness (QED) is 0.682. The lowest BCUT2D eigenvalue weighted by molar-refractivity contribution is 0.479. The normalized spacial score (nSPS) is 10.7. The van der Waals surface area contributed by atoms with Crippen LogP contribution >= 0.6 is 0 Å². The highest BCUT2D eigenvalue weighted by molar-refractivity contribution is 5.97. The highest BCUT2D eigenvalue weighted by Crippen LogP contribution is 2.31. The third-order valence-electron chi connectivity index (χ3n) is 3.00. The van der Waals surface area contributed by atoms with Gasteiger partial charge in [0.05, 0.1) is 6.20 Å². The zero-order valence-electron chi connectivity index (χ0n) is 9.67. The van der Waals surface area contributed by atoms with E-state index in [-0.39, 0.29) is 5.75 Å². The minimum absolute atomic E-state index is 0.152. The molecule has 88 valence electrons. The van der Waals surface area contributed by atoms with E-state index in [1.807, 2.05) is 48.5 Å². The van der Waals surface area contributed by atoms with E-state index in [1.54, 1.807) is 0 Å². The summed E-state index contributed by atoms with van der Waals surface area (Å²) in [6.45, 7) is 0. The van der Waals surface area contributed by atoms with Crippen LogP contribution in [0.2, 0.25) is 0 Å². The van der Waals surface area contributed by atoms with E-state index >= 15 is 0 Å². The molecule has 0 aliphatic rings. The maximum absolute atomic E-state index is 9.74. The van der Waals surface area contributed by atoms with E-state index in [9.17, 15) is 5.11 Å². The Morgan fingerprint density at radius 2 is 1.67 bits per heavy atom. The second-order valence-electron chi connectivity index (χ2n) is 4.16. The summed E-state index contributed by atoms with van der Waals surface area (Å²) in [6, 6.07) is 15.8. The van der Waals surface area contributed by atoms with Gasteiger partial charge in [0.15, 0.2) is 0 Å². The minimum atomic E-state index is 0.152. The Hall–Kier alpha value is -2.55. The number of fused-ring (bicyclic) bond motifs is 1. The van der Waals surface area contributed by atoms with Crippen LogP contribution in [0.4, 0.5) is 5.82 Å². The summed E-state index contributed by atoms with van der Waals surface area (Å²) < 4.78 is 0. The van der Waals surface area contributed by atoms with Crippen LogP contribution in [0, 0.1) is 0 Å². The summed E-state index contributed by atoms with van der Waals surface area (Å²) in [5, 5.41) is 11.2. The van der Waals surface area contributed by atoms with Crippen LogP contribution in [0.25, 0.3) is 21.9 Å². The monoisotopic (exact) mass is 236 g/mol. The molecule has 0 atom stereocenters. The number of benzene rings is 2. The molecule has 0 spiro atoms. The first kappa shape index (κ1) is 10.6. The lowest BCUT2D eigenvalue weighted by Crippen LogP contribution is -1.91. The van der Waals surface area contributed by atoms with Crippen molar-refractivity contribution >= 4 is 16.6 Å². The lowest BCUT2D eigenvalue weighted by atomic mass is 10.0. The Balaban J connectivity index is 2.26. The van der Waals surface area contributed by atoms with Gasteiger partial charge in [-0.1, -0.05) is 36.4 Å². The summed E-state index contributed by atoms with van der Waals surface area (Å²) >= 11 is 0. The second-order valence-corrected chi connectivity index (χ2v) is 4.16. The molecule has 0 radical (unpaired) electrons. The molecule has 0 fully saturated rings. The van der Waals surface area contributed by atoms with Gasteiger partial charge in [-0.25, -0.2) is 4.98 Å². The fourth-order valence-electron chi connectivity index (χ4n) is 2.06. The van der Waals surface area contributed by atoms with Crippen LogP contribution in [0.3, 0.4) is 0 Å². The lowest BCUT2D eigenvalue weighted by Gasteiger charge is -2.07. The van der Waals surface area contributed by atoms with Crippen molar-refractivity contribution < 1.29 is 5.11 Å². The van der Waals surface area contributed by atoms with Gasteiger partial charge in [-0.3, -0.25) is 0 Å². The maximum Gasteiger partial charge on any atom is 0.141 e. The molecule has 3 nitrogen and oxygen atoms in total. The summed E-state index contributed by atoms with van der Waals surface area (Å²) in [6.07, 6.45) is 1.37. The molecular formula is C15H12N2O. The standard InChI is InChI=1S/C15H12N2O/c16-15-13-8-11(10-4-2-1-3-5-10)6-7-12(13)14(18)9-17-15/h1-9,18H,(H2,16,17). The number of anilines is 1. The Morgan fingerprint density at radius 1 is 0.889 bits per heavy atom. The number of hydrogen-bond acceptors (Lipinski definition) is 3. The number of nitrogens with two attached hydrogens (primary N) is 1. The second kappa shape index (κ2) is 4.04. The van der Waals surface area contributed by atoms with Gasteiger partial charge in [-0.2, -0.15) is 0 Å². The predicted molar refractivity (Wildman–Crippen MR) is 73.3 cm³/mol. The molecule has 3 heteroatoms. The first-order chi connectivity index (χ1) is 8.75. The van der Waals surface area contributed by atoms with Crippen LogP contribution in [-0.2, 0) is 0 Å². The summed E-state index contributed by atoms with van der Waals surface area (Å²) in [7, 11) is 0. The highest BCUT2D eigenvalue weighted by Gasteiger charge is 2.06. The Bertz CT molecular complexity index is 708. The predicted octanol–water partition coefficient (Wildman–Crippen LogP) is 3.19. The van der Waals surface area contributed by atoms with E-state index in [4.69, 9.17) is 5.73 Å². The molecule has 18 heavy (non-hydrogen) atoms. The number of nitrogen functional groups attached to an aromatic ring is 1. The Morgan fingerprint density at radius 3 is 2.44 bits per heavy atom. The van der Waals surface area contributed by atoms with Crippen LogP contribution < -0.4 is 5.73 Å². The molecule has 1 aromatic heterocycles. The van der Waals surface area contributed by atoms with E-state index in [1.165, 1.54) is 6.20 Å². The number of rotatable bonds is 1. The molecular weight excluding hydrogens is 224 g/mol. The number of nitrogens with zero attached hydrogens (tertiary/aromatic N) is 1. The van der Waals surface area contributed by atoms with Gasteiger partial charge in [0, 0.05) is 10.8 Å². The van der Waals surface area contributed by atoms with Gasteiger partial charge >= 0.3 is 0 Å². The fraction of sp³-hybridized carbons (Fsp3) is 0. The average molecular weight is 236 g/mol. The van der Waals surface area contributed by atoms with Gasteiger partial charge < -0.3 is 10.8 Å². The third-order valence-corrected chi connectivity index (χ3v) is 3.00. The van der Waals surface area contributed by atoms with Crippen LogP contribution in [0.15, 0.2) is 54.7 Å². The van der Waals surface area contributed by atoms with Crippen molar-refractivity contribution in [3.63, 3.8) is 0 Å². The van der Waals surface area contributed by atoms with Crippen molar-refractivity contribution in [2.45, 2.75) is 0 Å². The molecule has 3 rings (SSSR count). The summed E-state index contributed by atoms with van der Waals surface area (Å²) in [4.78, 5) is 3.97. The van der Waals surface area contributed by atoms with Crippen molar-refractivity contribution in [3.8, 4) is 16.9 Å². The summed E-state index contributed by atoms with van der Waals surface area (Å²) in [5.41, 5.74) is 8.02. The maximum atomic E-state index is 9.74. The molecule has 1 heterocycles. The van der Waals surface area contributed by atoms with Crippen molar-refractivity contribution in [1.82, 2.24) is 4.98 Å². The zero-order valence-corrected chi connectivity index (χ0v) is 9.67.